The number of nitro benzene ring substituents is 1. The zero-order valence-electron chi connectivity index (χ0n) is 18.4. The van der Waals surface area contributed by atoms with Gasteiger partial charge in [0.2, 0.25) is 0 Å². The smallest absolute Gasteiger partial charge is 0.270 e. The number of carbonyl (C=O) groups is 1. The van der Waals surface area contributed by atoms with E-state index < -0.39 is 11.0 Å². The average Bonchev–Trinajstić information content (AvgIpc) is 3.59. The van der Waals surface area contributed by atoms with Crippen molar-refractivity contribution in [1.29, 1.82) is 0 Å². The molecule has 0 saturated heterocycles. The predicted molar refractivity (Wildman–Crippen MR) is 130 cm³/mol. The molecule has 8 heteroatoms. The number of nitrogens with one attached hydrogen (secondary N) is 1. The second kappa shape index (κ2) is 9.48. The highest BCUT2D eigenvalue weighted by Gasteiger charge is 2.23. The molecule has 0 fully saturated rings. The Morgan fingerprint density at radius 2 is 1.51 bits per heavy atom. The Balaban J connectivity index is 1.55. The van der Waals surface area contributed by atoms with Crippen LogP contribution in [0.4, 0.5) is 5.69 Å². The van der Waals surface area contributed by atoms with Crippen LogP contribution >= 0.6 is 0 Å². The van der Waals surface area contributed by atoms with Crippen LogP contribution in [0.5, 0.6) is 0 Å². The summed E-state index contributed by atoms with van der Waals surface area (Å²) in [4.78, 5) is 24.3. The van der Waals surface area contributed by atoms with Crippen LogP contribution in [0.3, 0.4) is 0 Å². The maximum Gasteiger partial charge on any atom is 0.270 e. The van der Waals surface area contributed by atoms with Crippen molar-refractivity contribution < 1.29 is 14.1 Å². The summed E-state index contributed by atoms with van der Waals surface area (Å²) in [5.74, 6) is 0.147. The summed E-state index contributed by atoms with van der Waals surface area (Å²) in [5, 5.41) is 18.8. The molecule has 0 aliphatic rings. The minimum absolute atomic E-state index is 0.0496. The number of amides is 1. The van der Waals surface area contributed by atoms with Crippen molar-refractivity contribution in [2.24, 2.45) is 0 Å². The number of hydrogen-bond donors (Lipinski definition) is 1. The van der Waals surface area contributed by atoms with Crippen LogP contribution in [0, 0.1) is 10.1 Å². The molecule has 0 atom stereocenters. The van der Waals surface area contributed by atoms with Gasteiger partial charge in [0.15, 0.2) is 5.76 Å². The second-order valence-corrected chi connectivity index (χ2v) is 7.81. The minimum Gasteiger partial charge on any atom is -0.463 e. The standard InChI is InChI=1S/C27H20N4O4/c32-27(28-26(19-8-3-1-4-9-19)20-10-5-2-6-11-20)24-18-23(25-12-7-17-35-25)29-30(24)21-13-15-22(16-14-21)31(33)34/h1-18,26H,(H,28,32). The number of benzene rings is 3. The van der Waals surface area contributed by atoms with Crippen LogP contribution in [0.25, 0.3) is 17.1 Å². The minimum atomic E-state index is -0.473. The van der Waals surface area contributed by atoms with E-state index in [0.29, 0.717) is 17.1 Å². The molecule has 0 spiro atoms. The Kier molecular flexibility index (Phi) is 5.92. The van der Waals surface area contributed by atoms with Gasteiger partial charge in [-0.1, -0.05) is 60.7 Å². The number of nitro groups is 1. The first kappa shape index (κ1) is 21.8. The third-order valence-corrected chi connectivity index (χ3v) is 5.56. The third-order valence-electron chi connectivity index (χ3n) is 5.56. The fourth-order valence-electron chi connectivity index (χ4n) is 3.86. The van der Waals surface area contributed by atoms with E-state index in [0.717, 1.165) is 11.1 Å². The summed E-state index contributed by atoms with van der Waals surface area (Å²) in [6.45, 7) is 0. The molecule has 0 aliphatic carbocycles. The van der Waals surface area contributed by atoms with Gasteiger partial charge >= 0.3 is 0 Å². The molecule has 0 unspecified atom stereocenters. The quantitative estimate of drug-likeness (QED) is 0.251. The number of nitrogens with zero attached hydrogens (tertiary/aromatic N) is 3. The molecule has 5 rings (SSSR count). The van der Waals surface area contributed by atoms with Crippen molar-refractivity contribution in [3.63, 3.8) is 0 Å². The monoisotopic (exact) mass is 464 g/mol. The zero-order valence-corrected chi connectivity index (χ0v) is 18.4. The molecule has 35 heavy (non-hydrogen) atoms. The first-order valence-corrected chi connectivity index (χ1v) is 10.9. The average molecular weight is 464 g/mol. The highest BCUT2D eigenvalue weighted by atomic mass is 16.6. The van der Waals surface area contributed by atoms with Gasteiger partial charge < -0.3 is 9.73 Å². The van der Waals surface area contributed by atoms with Crippen molar-refractivity contribution in [2.75, 3.05) is 0 Å². The summed E-state index contributed by atoms with van der Waals surface area (Å²) in [6.07, 6.45) is 1.53. The fraction of sp³-hybridized carbons (Fsp3) is 0.0370. The highest BCUT2D eigenvalue weighted by molar-refractivity contribution is 5.94. The Hall–Kier alpha value is -4.98. The van der Waals surface area contributed by atoms with Crippen LogP contribution < -0.4 is 5.32 Å². The molecule has 0 bridgehead atoms. The van der Waals surface area contributed by atoms with Gasteiger partial charge in [0.05, 0.1) is 22.9 Å². The van der Waals surface area contributed by atoms with Gasteiger partial charge in [0.25, 0.3) is 11.6 Å². The molecule has 172 valence electrons. The maximum atomic E-state index is 13.6. The lowest BCUT2D eigenvalue weighted by molar-refractivity contribution is -0.384. The lowest BCUT2D eigenvalue weighted by Crippen LogP contribution is -2.31. The molecule has 8 nitrogen and oxygen atoms in total. The van der Waals surface area contributed by atoms with Gasteiger partial charge in [-0.25, -0.2) is 4.68 Å². The van der Waals surface area contributed by atoms with E-state index in [4.69, 9.17) is 4.42 Å². The zero-order chi connectivity index (χ0) is 24.2. The van der Waals surface area contributed by atoms with E-state index in [1.165, 1.54) is 23.1 Å². The number of non-ortho nitro benzene ring substituents is 1. The lowest BCUT2D eigenvalue weighted by atomic mass is 9.98. The van der Waals surface area contributed by atoms with Gasteiger partial charge in [-0.15, -0.1) is 0 Å². The molecular formula is C27H20N4O4. The SMILES string of the molecule is O=C(NC(c1ccccc1)c1ccccc1)c1cc(-c2ccco2)nn1-c1ccc([N+](=O)[O-])cc1. The summed E-state index contributed by atoms with van der Waals surface area (Å²) in [5.41, 5.74) is 3.05. The Labute approximate surface area is 200 Å². The van der Waals surface area contributed by atoms with Gasteiger partial charge in [0.1, 0.15) is 11.4 Å². The number of aromatic nitrogens is 2. The van der Waals surface area contributed by atoms with Gasteiger partial charge in [-0.05, 0) is 35.4 Å². The molecule has 1 N–H and O–H groups in total. The fourth-order valence-corrected chi connectivity index (χ4v) is 3.86. The normalized spacial score (nSPS) is 10.9. The van der Waals surface area contributed by atoms with E-state index in [2.05, 4.69) is 10.4 Å². The first-order chi connectivity index (χ1) is 17.1. The molecule has 2 aromatic heterocycles. The van der Waals surface area contributed by atoms with Crippen molar-refractivity contribution in [3.8, 4) is 17.1 Å². The van der Waals surface area contributed by atoms with E-state index in [1.54, 1.807) is 30.3 Å². The third kappa shape index (κ3) is 4.58. The highest BCUT2D eigenvalue weighted by Crippen LogP contribution is 2.26. The molecule has 0 saturated carbocycles. The number of rotatable bonds is 7. The molecular weight excluding hydrogens is 444 g/mol. The van der Waals surface area contributed by atoms with Crippen molar-refractivity contribution >= 4 is 11.6 Å². The molecule has 2 heterocycles. The van der Waals surface area contributed by atoms with E-state index in [9.17, 15) is 14.9 Å². The predicted octanol–water partition coefficient (Wildman–Crippen LogP) is 5.56. The van der Waals surface area contributed by atoms with Gasteiger partial charge in [0, 0.05) is 18.2 Å². The topological polar surface area (TPSA) is 103 Å². The molecule has 0 aliphatic heterocycles. The summed E-state index contributed by atoms with van der Waals surface area (Å²) >= 11 is 0. The Morgan fingerprint density at radius 3 is 2.06 bits per heavy atom. The number of furan rings is 1. The van der Waals surface area contributed by atoms with Crippen LogP contribution in [-0.2, 0) is 0 Å². The van der Waals surface area contributed by atoms with E-state index in [1.807, 2.05) is 60.7 Å². The molecule has 3 aromatic carbocycles. The van der Waals surface area contributed by atoms with Crippen molar-refractivity contribution in [2.45, 2.75) is 6.04 Å². The molecule has 1 amide bonds. The summed E-state index contributed by atoms with van der Waals surface area (Å²) in [6, 6.07) is 30.0. The first-order valence-electron chi connectivity index (χ1n) is 10.9. The lowest BCUT2D eigenvalue weighted by Gasteiger charge is -2.20. The Morgan fingerprint density at radius 1 is 0.886 bits per heavy atom. The number of hydrogen-bond acceptors (Lipinski definition) is 5. The summed E-state index contributed by atoms with van der Waals surface area (Å²) < 4.78 is 6.94. The number of carbonyl (C=O) groups excluding carboxylic acids is 1. The van der Waals surface area contributed by atoms with Gasteiger partial charge in [-0.2, -0.15) is 5.10 Å². The van der Waals surface area contributed by atoms with Crippen LogP contribution in [0.2, 0.25) is 0 Å². The maximum absolute atomic E-state index is 13.6. The molecule has 0 radical (unpaired) electrons. The largest absolute Gasteiger partial charge is 0.463 e. The van der Waals surface area contributed by atoms with Crippen LogP contribution in [0.15, 0.2) is 114 Å². The van der Waals surface area contributed by atoms with Gasteiger partial charge in [-0.3, -0.25) is 14.9 Å². The van der Waals surface area contributed by atoms with Crippen LogP contribution in [-0.4, -0.2) is 20.6 Å². The molecule has 5 aromatic rings. The Bertz CT molecular complexity index is 1410. The second-order valence-electron chi connectivity index (χ2n) is 7.81. The van der Waals surface area contributed by atoms with Crippen molar-refractivity contribution in [1.82, 2.24) is 15.1 Å². The van der Waals surface area contributed by atoms with Crippen molar-refractivity contribution in [3.05, 3.63) is 136 Å². The summed E-state index contributed by atoms with van der Waals surface area (Å²) in [7, 11) is 0. The van der Waals surface area contributed by atoms with E-state index in [-0.39, 0.29) is 17.3 Å². The van der Waals surface area contributed by atoms with Crippen LogP contribution in [0.1, 0.15) is 27.7 Å². The van der Waals surface area contributed by atoms with E-state index >= 15 is 0 Å².